The van der Waals surface area contributed by atoms with E-state index in [-0.39, 0.29) is 0 Å². The fraction of sp³-hybridized carbons (Fsp3) is 0.500. The molecule has 2 nitrogen and oxygen atoms in total. The molecule has 0 saturated carbocycles. The number of hydrogen-bond donors (Lipinski definition) is 1. The fourth-order valence-electron chi connectivity index (χ4n) is 1.10. The Hall–Kier alpha value is -0.760. The molecule has 0 saturated heterocycles. The first-order chi connectivity index (χ1) is 4.88. The van der Waals surface area contributed by atoms with Crippen molar-refractivity contribution in [3.63, 3.8) is 0 Å². The molecule has 0 aliphatic heterocycles. The van der Waals surface area contributed by atoms with E-state index in [2.05, 4.69) is 12.2 Å². The first-order valence-corrected chi connectivity index (χ1v) is 3.52. The number of methoxy groups -OCH3 is 1. The van der Waals surface area contributed by atoms with Gasteiger partial charge in [-0.15, -0.1) is 0 Å². The van der Waals surface area contributed by atoms with Gasteiger partial charge in [-0.05, 0) is 18.9 Å². The minimum Gasteiger partial charge on any atom is -0.497 e. The van der Waals surface area contributed by atoms with Crippen molar-refractivity contribution in [1.82, 2.24) is 0 Å². The molecule has 0 spiro atoms. The molecule has 10 heavy (non-hydrogen) atoms. The van der Waals surface area contributed by atoms with Gasteiger partial charge in [-0.2, -0.15) is 0 Å². The van der Waals surface area contributed by atoms with E-state index in [9.17, 15) is 0 Å². The van der Waals surface area contributed by atoms with Crippen LogP contribution in [0.1, 0.15) is 12.8 Å². The summed E-state index contributed by atoms with van der Waals surface area (Å²) < 4.78 is 5.11. The molecule has 0 amide bonds. The first kappa shape index (κ1) is 7.35. The summed E-state index contributed by atoms with van der Waals surface area (Å²) in [6.07, 6.45) is 6.40. The number of ether oxygens (including phenoxy) is 1. The molecule has 0 fully saturated rings. The number of hydrogen-bond acceptors (Lipinski definition) is 2. The highest BCUT2D eigenvalue weighted by molar-refractivity contribution is 5.29. The second-order valence-corrected chi connectivity index (χ2v) is 2.28. The molecule has 0 heterocycles. The van der Waals surface area contributed by atoms with Crippen LogP contribution in [-0.4, -0.2) is 13.7 Å². The van der Waals surface area contributed by atoms with Crippen molar-refractivity contribution in [3.8, 4) is 0 Å². The van der Waals surface area contributed by atoms with Gasteiger partial charge in [-0.25, -0.2) is 0 Å². The van der Waals surface area contributed by atoms with Crippen LogP contribution in [-0.2, 0) is 4.74 Å². The van der Waals surface area contributed by atoms with E-state index in [0.717, 1.165) is 24.2 Å². The van der Waals surface area contributed by atoms with Gasteiger partial charge in [0.05, 0.1) is 7.11 Å². The zero-order valence-corrected chi connectivity index (χ0v) is 6.26. The van der Waals surface area contributed by atoms with Gasteiger partial charge < -0.3 is 10.5 Å². The van der Waals surface area contributed by atoms with Crippen molar-refractivity contribution >= 4 is 0 Å². The predicted molar refractivity (Wildman–Crippen MR) is 41.5 cm³/mol. The molecule has 0 unspecified atom stereocenters. The molecule has 0 atom stereocenters. The summed E-state index contributed by atoms with van der Waals surface area (Å²) in [6.45, 7) is 0.583. The second-order valence-electron chi connectivity index (χ2n) is 2.28. The van der Waals surface area contributed by atoms with Gasteiger partial charge in [0.1, 0.15) is 5.76 Å². The molecule has 1 aliphatic carbocycles. The van der Waals surface area contributed by atoms with Crippen LogP contribution in [0.15, 0.2) is 23.5 Å². The molecule has 1 aliphatic rings. The fourth-order valence-corrected chi connectivity index (χ4v) is 1.10. The summed E-state index contributed by atoms with van der Waals surface area (Å²) >= 11 is 0. The highest BCUT2D eigenvalue weighted by Gasteiger charge is 2.05. The number of nitrogens with two attached hydrogens (primary N) is 1. The van der Waals surface area contributed by atoms with Gasteiger partial charge in [-0.3, -0.25) is 0 Å². The Balaban J connectivity index is 2.67. The molecular weight excluding hydrogens is 126 g/mol. The lowest BCUT2D eigenvalue weighted by atomic mass is 10.1. The molecular formula is C8H13NO. The van der Waals surface area contributed by atoms with Crippen molar-refractivity contribution in [3.05, 3.63) is 23.5 Å². The molecule has 0 aromatic rings. The lowest BCUT2D eigenvalue weighted by Gasteiger charge is -2.12. The van der Waals surface area contributed by atoms with Gasteiger partial charge in [-0.1, -0.05) is 6.08 Å². The summed E-state index contributed by atoms with van der Waals surface area (Å²) in [5.41, 5.74) is 6.61. The minimum atomic E-state index is 0.583. The lowest BCUT2D eigenvalue weighted by Crippen LogP contribution is -2.08. The summed E-state index contributed by atoms with van der Waals surface area (Å²) in [5, 5.41) is 0. The Morgan fingerprint density at radius 2 is 2.20 bits per heavy atom. The average molecular weight is 139 g/mol. The largest absolute Gasteiger partial charge is 0.497 e. The normalized spacial score (nSPS) is 17.8. The first-order valence-electron chi connectivity index (χ1n) is 3.52. The Morgan fingerprint density at radius 1 is 1.50 bits per heavy atom. The Kier molecular flexibility index (Phi) is 2.51. The minimum absolute atomic E-state index is 0.583. The van der Waals surface area contributed by atoms with Crippen LogP contribution in [0.3, 0.4) is 0 Å². The monoisotopic (exact) mass is 139 g/mol. The summed E-state index contributed by atoms with van der Waals surface area (Å²) in [5.74, 6) is 0.953. The van der Waals surface area contributed by atoms with Crippen molar-refractivity contribution < 1.29 is 4.74 Å². The maximum absolute atomic E-state index is 5.48. The third kappa shape index (κ3) is 1.39. The average Bonchev–Trinajstić information content (AvgIpc) is 2.04. The van der Waals surface area contributed by atoms with Crippen LogP contribution in [0.25, 0.3) is 0 Å². The SMILES string of the molecule is COC1=CCCC=C1CN. The zero-order chi connectivity index (χ0) is 7.40. The van der Waals surface area contributed by atoms with Gasteiger partial charge in [0.2, 0.25) is 0 Å². The van der Waals surface area contributed by atoms with Crippen molar-refractivity contribution in [2.24, 2.45) is 5.73 Å². The van der Waals surface area contributed by atoms with E-state index in [1.54, 1.807) is 7.11 Å². The van der Waals surface area contributed by atoms with Gasteiger partial charge in [0.15, 0.2) is 0 Å². The zero-order valence-electron chi connectivity index (χ0n) is 6.26. The van der Waals surface area contributed by atoms with Crippen LogP contribution in [0.5, 0.6) is 0 Å². The number of allylic oxidation sites excluding steroid dienone is 2. The quantitative estimate of drug-likeness (QED) is 0.623. The Bertz CT molecular complexity index is 150. The molecule has 0 radical (unpaired) electrons. The molecule has 0 aromatic carbocycles. The Labute approximate surface area is 61.4 Å². The van der Waals surface area contributed by atoms with Crippen LogP contribution in [0, 0.1) is 0 Å². The van der Waals surface area contributed by atoms with E-state index in [1.807, 2.05) is 0 Å². The molecule has 1 rings (SSSR count). The summed E-state index contributed by atoms with van der Waals surface area (Å²) in [6, 6.07) is 0. The van der Waals surface area contributed by atoms with E-state index in [4.69, 9.17) is 10.5 Å². The third-order valence-corrected chi connectivity index (χ3v) is 1.64. The van der Waals surface area contributed by atoms with E-state index in [0.29, 0.717) is 6.54 Å². The topological polar surface area (TPSA) is 35.2 Å². The summed E-state index contributed by atoms with van der Waals surface area (Å²) in [4.78, 5) is 0. The highest BCUT2D eigenvalue weighted by atomic mass is 16.5. The molecule has 2 N–H and O–H groups in total. The van der Waals surface area contributed by atoms with Crippen LogP contribution in [0.4, 0.5) is 0 Å². The maximum Gasteiger partial charge on any atom is 0.119 e. The van der Waals surface area contributed by atoms with Gasteiger partial charge >= 0.3 is 0 Å². The molecule has 0 aromatic heterocycles. The number of rotatable bonds is 2. The second kappa shape index (κ2) is 3.42. The van der Waals surface area contributed by atoms with Gasteiger partial charge in [0.25, 0.3) is 0 Å². The third-order valence-electron chi connectivity index (χ3n) is 1.64. The van der Waals surface area contributed by atoms with E-state index >= 15 is 0 Å². The Morgan fingerprint density at radius 3 is 2.70 bits per heavy atom. The van der Waals surface area contributed by atoms with E-state index < -0.39 is 0 Å². The van der Waals surface area contributed by atoms with Crippen molar-refractivity contribution in [2.75, 3.05) is 13.7 Å². The molecule has 56 valence electrons. The molecule has 2 heteroatoms. The van der Waals surface area contributed by atoms with Crippen molar-refractivity contribution in [2.45, 2.75) is 12.8 Å². The van der Waals surface area contributed by atoms with Crippen molar-refractivity contribution in [1.29, 1.82) is 0 Å². The lowest BCUT2D eigenvalue weighted by molar-refractivity contribution is 0.296. The highest BCUT2D eigenvalue weighted by Crippen LogP contribution is 2.17. The summed E-state index contributed by atoms with van der Waals surface area (Å²) in [7, 11) is 1.68. The van der Waals surface area contributed by atoms with Crippen LogP contribution in [0.2, 0.25) is 0 Å². The predicted octanol–water partition coefficient (Wildman–Crippen LogP) is 1.20. The van der Waals surface area contributed by atoms with E-state index in [1.165, 1.54) is 0 Å². The molecule has 0 bridgehead atoms. The maximum atomic E-state index is 5.48. The smallest absolute Gasteiger partial charge is 0.119 e. The van der Waals surface area contributed by atoms with Crippen LogP contribution < -0.4 is 5.73 Å². The standard InChI is InChI=1S/C8H13NO/c1-10-8-5-3-2-4-7(8)6-9/h4-5H,2-3,6,9H2,1H3. The van der Waals surface area contributed by atoms with Crippen LogP contribution >= 0.6 is 0 Å². The van der Waals surface area contributed by atoms with Gasteiger partial charge in [0, 0.05) is 12.1 Å².